The molecule has 1 aromatic carbocycles. The van der Waals surface area contributed by atoms with Crippen molar-refractivity contribution in [2.75, 3.05) is 5.32 Å². The predicted molar refractivity (Wildman–Crippen MR) is 89.7 cm³/mol. The van der Waals surface area contributed by atoms with Gasteiger partial charge in [-0.2, -0.15) is 0 Å². The molecule has 0 spiro atoms. The van der Waals surface area contributed by atoms with Crippen molar-refractivity contribution in [3.8, 4) is 5.69 Å². The Bertz CT molecular complexity index is 776. The first kappa shape index (κ1) is 15.6. The Balaban J connectivity index is 1.95. The summed E-state index contributed by atoms with van der Waals surface area (Å²) in [5.41, 5.74) is 7.58. The highest BCUT2D eigenvalue weighted by molar-refractivity contribution is 5.93. The zero-order valence-electron chi connectivity index (χ0n) is 13.5. The Morgan fingerprint density at radius 1 is 1.26 bits per heavy atom. The molecule has 1 aliphatic carbocycles. The minimum absolute atomic E-state index is 0.115. The van der Waals surface area contributed by atoms with Crippen LogP contribution in [0.5, 0.6) is 0 Å². The fourth-order valence-electron chi connectivity index (χ4n) is 3.24. The lowest BCUT2D eigenvalue weighted by molar-refractivity contribution is -0.120. The van der Waals surface area contributed by atoms with Gasteiger partial charge >= 0.3 is 0 Å². The lowest BCUT2D eigenvalue weighted by Crippen LogP contribution is -2.35. The van der Waals surface area contributed by atoms with E-state index in [1.807, 2.05) is 37.3 Å². The number of hydrogen-bond donors (Lipinski definition) is 2. The van der Waals surface area contributed by atoms with Crippen LogP contribution in [0.15, 0.2) is 35.1 Å². The number of amides is 1. The second-order valence-corrected chi connectivity index (χ2v) is 6.13. The topological polar surface area (TPSA) is 82.1 Å². The van der Waals surface area contributed by atoms with E-state index in [0.29, 0.717) is 5.69 Å². The maximum absolute atomic E-state index is 12.7. The van der Waals surface area contributed by atoms with Gasteiger partial charge in [-0.3, -0.25) is 14.3 Å². The quantitative estimate of drug-likeness (QED) is 0.902. The Morgan fingerprint density at radius 3 is 2.57 bits per heavy atom. The van der Waals surface area contributed by atoms with E-state index in [1.165, 1.54) is 0 Å². The van der Waals surface area contributed by atoms with Crippen LogP contribution < -0.4 is 16.6 Å². The van der Waals surface area contributed by atoms with Gasteiger partial charge < -0.3 is 11.1 Å². The average molecular weight is 314 g/mol. The third kappa shape index (κ3) is 2.70. The SMILES string of the molecule is Cc1c(NC(=O)C2CCCC2N)c(=O)n(-c2ccccc2)n1C. The van der Waals surface area contributed by atoms with Crippen molar-refractivity contribution in [2.24, 2.45) is 18.7 Å². The normalized spacial score (nSPS) is 20.7. The number of nitrogens with two attached hydrogens (primary N) is 1. The van der Waals surface area contributed by atoms with Crippen molar-refractivity contribution < 1.29 is 4.79 Å². The van der Waals surface area contributed by atoms with Crippen LogP contribution in [0.1, 0.15) is 25.0 Å². The largest absolute Gasteiger partial charge is 0.327 e. The van der Waals surface area contributed by atoms with Gasteiger partial charge in [0.2, 0.25) is 5.91 Å². The number of nitrogens with one attached hydrogen (secondary N) is 1. The van der Waals surface area contributed by atoms with Crippen molar-refractivity contribution >= 4 is 11.6 Å². The standard InChI is InChI=1S/C17H22N4O2/c1-11-15(19-16(22)13-9-6-10-14(13)18)17(23)21(20(11)2)12-7-4-3-5-8-12/h3-5,7-8,13-14H,6,9-10,18H2,1-2H3,(H,19,22). The van der Waals surface area contributed by atoms with Gasteiger partial charge in [-0.15, -0.1) is 0 Å². The first-order valence-electron chi connectivity index (χ1n) is 7.91. The maximum Gasteiger partial charge on any atom is 0.295 e. The molecule has 3 N–H and O–H groups in total. The third-order valence-corrected chi connectivity index (χ3v) is 4.71. The molecule has 2 unspecified atom stereocenters. The number of carbonyl (C=O) groups excluding carboxylic acids is 1. The molecule has 0 saturated heterocycles. The smallest absolute Gasteiger partial charge is 0.295 e. The molecule has 0 bridgehead atoms. The van der Waals surface area contributed by atoms with Crippen molar-refractivity contribution in [3.05, 3.63) is 46.4 Å². The van der Waals surface area contributed by atoms with Crippen LogP contribution in [-0.2, 0) is 11.8 Å². The first-order valence-corrected chi connectivity index (χ1v) is 7.91. The second-order valence-electron chi connectivity index (χ2n) is 6.13. The molecule has 1 amide bonds. The van der Waals surface area contributed by atoms with Crippen LogP contribution in [0, 0.1) is 12.8 Å². The molecule has 1 aliphatic rings. The van der Waals surface area contributed by atoms with Gasteiger partial charge in [-0.1, -0.05) is 24.6 Å². The van der Waals surface area contributed by atoms with E-state index in [2.05, 4.69) is 5.32 Å². The summed E-state index contributed by atoms with van der Waals surface area (Å²) in [6.07, 6.45) is 2.60. The second kappa shape index (κ2) is 6.04. The number of benzene rings is 1. The minimum Gasteiger partial charge on any atom is -0.327 e. The third-order valence-electron chi connectivity index (χ3n) is 4.71. The van der Waals surface area contributed by atoms with Crippen molar-refractivity contribution in [1.82, 2.24) is 9.36 Å². The molecule has 23 heavy (non-hydrogen) atoms. The molecular weight excluding hydrogens is 292 g/mol. The summed E-state index contributed by atoms with van der Waals surface area (Å²) in [5.74, 6) is -0.361. The Hall–Kier alpha value is -2.34. The van der Waals surface area contributed by atoms with Crippen LogP contribution >= 0.6 is 0 Å². The number of hydrogen-bond acceptors (Lipinski definition) is 3. The molecular formula is C17H22N4O2. The molecule has 1 saturated carbocycles. The van der Waals surface area contributed by atoms with E-state index in [-0.39, 0.29) is 23.4 Å². The number of nitrogens with zero attached hydrogens (tertiary/aromatic N) is 2. The van der Waals surface area contributed by atoms with E-state index < -0.39 is 0 Å². The number of para-hydroxylation sites is 1. The Labute approximate surface area is 134 Å². The molecule has 122 valence electrons. The number of aromatic nitrogens is 2. The average Bonchev–Trinajstić information content (AvgIpc) is 3.06. The first-order chi connectivity index (χ1) is 11.0. The van der Waals surface area contributed by atoms with Crippen LogP contribution in [0.4, 0.5) is 5.69 Å². The Morgan fingerprint density at radius 2 is 1.96 bits per heavy atom. The predicted octanol–water partition coefficient (Wildman–Crippen LogP) is 1.55. The van der Waals surface area contributed by atoms with Crippen molar-refractivity contribution in [3.63, 3.8) is 0 Å². The highest BCUT2D eigenvalue weighted by Crippen LogP contribution is 2.25. The minimum atomic E-state index is -0.226. The summed E-state index contributed by atoms with van der Waals surface area (Å²) < 4.78 is 3.31. The molecule has 1 heterocycles. The molecule has 3 rings (SSSR count). The van der Waals surface area contributed by atoms with Gasteiger partial charge in [0, 0.05) is 13.1 Å². The van der Waals surface area contributed by atoms with E-state index >= 15 is 0 Å². The highest BCUT2D eigenvalue weighted by Gasteiger charge is 2.31. The fraction of sp³-hybridized carbons (Fsp3) is 0.412. The fourth-order valence-corrected chi connectivity index (χ4v) is 3.24. The lowest BCUT2D eigenvalue weighted by Gasteiger charge is -2.14. The maximum atomic E-state index is 12.7. The summed E-state index contributed by atoms with van der Waals surface area (Å²) in [6.45, 7) is 1.82. The summed E-state index contributed by atoms with van der Waals surface area (Å²) in [5, 5.41) is 2.81. The molecule has 2 atom stereocenters. The van der Waals surface area contributed by atoms with Crippen LogP contribution in [0.2, 0.25) is 0 Å². The summed E-state index contributed by atoms with van der Waals surface area (Å²) >= 11 is 0. The van der Waals surface area contributed by atoms with Gasteiger partial charge in [0.05, 0.1) is 17.3 Å². The van der Waals surface area contributed by atoms with Crippen LogP contribution in [0.25, 0.3) is 5.69 Å². The molecule has 0 radical (unpaired) electrons. The molecule has 6 nitrogen and oxygen atoms in total. The molecule has 2 aromatic rings. The molecule has 0 aliphatic heterocycles. The van der Waals surface area contributed by atoms with Crippen molar-refractivity contribution in [2.45, 2.75) is 32.2 Å². The Kier molecular flexibility index (Phi) is 4.09. The monoisotopic (exact) mass is 314 g/mol. The van der Waals surface area contributed by atoms with Crippen molar-refractivity contribution in [1.29, 1.82) is 0 Å². The zero-order chi connectivity index (χ0) is 16.6. The number of anilines is 1. The number of carbonyl (C=O) groups is 1. The summed E-state index contributed by atoms with van der Waals surface area (Å²) in [6, 6.07) is 9.25. The summed E-state index contributed by atoms with van der Waals surface area (Å²) in [7, 11) is 1.81. The van der Waals surface area contributed by atoms with Gasteiger partial charge in [0.1, 0.15) is 5.69 Å². The van der Waals surface area contributed by atoms with E-state index in [0.717, 1.165) is 30.6 Å². The number of rotatable bonds is 3. The zero-order valence-corrected chi connectivity index (χ0v) is 13.5. The van der Waals surface area contributed by atoms with Gasteiger partial charge in [-0.25, -0.2) is 4.68 Å². The molecule has 1 fully saturated rings. The van der Waals surface area contributed by atoms with Gasteiger partial charge in [0.15, 0.2) is 0 Å². The highest BCUT2D eigenvalue weighted by atomic mass is 16.2. The van der Waals surface area contributed by atoms with Crippen LogP contribution in [-0.4, -0.2) is 21.3 Å². The van der Waals surface area contributed by atoms with Gasteiger partial charge in [0.25, 0.3) is 5.56 Å². The summed E-state index contributed by atoms with van der Waals surface area (Å²) in [4.78, 5) is 25.2. The van der Waals surface area contributed by atoms with Gasteiger partial charge in [-0.05, 0) is 31.9 Å². The van der Waals surface area contributed by atoms with Crippen LogP contribution in [0.3, 0.4) is 0 Å². The van der Waals surface area contributed by atoms with E-state index in [9.17, 15) is 9.59 Å². The molecule has 6 heteroatoms. The lowest BCUT2D eigenvalue weighted by atomic mass is 10.0. The van der Waals surface area contributed by atoms with E-state index in [1.54, 1.807) is 16.4 Å². The molecule has 1 aromatic heterocycles. The van der Waals surface area contributed by atoms with E-state index in [4.69, 9.17) is 5.73 Å².